The zero-order valence-electron chi connectivity index (χ0n) is 9.22. The number of rotatable bonds is 2. The number of aliphatic hydroxyl groups is 2. The minimum Gasteiger partial charge on any atom is -0.394 e. The maximum absolute atomic E-state index is 11.8. The highest BCUT2D eigenvalue weighted by atomic mass is 16.5. The van der Waals surface area contributed by atoms with Crippen molar-refractivity contribution in [2.24, 2.45) is 0 Å². The Bertz CT molecular complexity index is 623. The van der Waals surface area contributed by atoms with E-state index in [0.717, 1.165) is 0 Å². The van der Waals surface area contributed by atoms with Crippen LogP contribution in [-0.4, -0.2) is 54.0 Å². The molecule has 3 N–H and O–H groups in total. The van der Waals surface area contributed by atoms with Crippen molar-refractivity contribution in [2.45, 2.75) is 24.9 Å². The molecular weight excluding hydrogens is 242 g/mol. The van der Waals surface area contributed by atoms with Crippen molar-refractivity contribution in [3.63, 3.8) is 0 Å². The van der Waals surface area contributed by atoms with Gasteiger partial charge in [0, 0.05) is 12.6 Å². The smallest absolute Gasteiger partial charge is 0.352 e. The molecule has 3 rings (SSSR count). The van der Waals surface area contributed by atoms with E-state index in [1.54, 1.807) is 0 Å². The summed E-state index contributed by atoms with van der Waals surface area (Å²) in [6.07, 6.45) is -0.483. The van der Waals surface area contributed by atoms with Crippen molar-refractivity contribution in [3.8, 4) is 0 Å². The molecule has 96 valence electrons. The molecule has 9 nitrogen and oxygen atoms in total. The third-order valence-electron chi connectivity index (χ3n) is 2.89. The predicted molar refractivity (Wildman–Crippen MR) is 57.6 cm³/mol. The minimum atomic E-state index is -0.866. The molecule has 18 heavy (non-hydrogen) atoms. The van der Waals surface area contributed by atoms with Gasteiger partial charge < -0.3 is 14.9 Å². The molecule has 0 spiro atoms. The van der Waals surface area contributed by atoms with Gasteiger partial charge in [0.25, 0.3) is 0 Å². The Hall–Kier alpha value is -1.84. The van der Waals surface area contributed by atoms with E-state index in [1.165, 1.54) is 10.8 Å². The second-order valence-corrected chi connectivity index (χ2v) is 4.11. The van der Waals surface area contributed by atoms with Gasteiger partial charge in [-0.15, -0.1) is 5.10 Å². The van der Waals surface area contributed by atoms with Gasteiger partial charge in [-0.05, 0) is 0 Å². The summed E-state index contributed by atoms with van der Waals surface area (Å²) in [7, 11) is 0. The molecule has 0 radical (unpaired) electrons. The van der Waals surface area contributed by atoms with Crippen LogP contribution >= 0.6 is 0 Å². The van der Waals surface area contributed by atoms with Crippen LogP contribution in [0.4, 0.5) is 0 Å². The van der Waals surface area contributed by atoms with Gasteiger partial charge in [-0.3, -0.25) is 9.67 Å². The summed E-state index contributed by atoms with van der Waals surface area (Å²) in [5, 5.41) is 28.5. The van der Waals surface area contributed by atoms with Gasteiger partial charge in [0.05, 0.1) is 12.7 Å². The van der Waals surface area contributed by atoms with Gasteiger partial charge in [-0.25, -0.2) is 4.79 Å². The average molecular weight is 253 g/mol. The summed E-state index contributed by atoms with van der Waals surface area (Å²) < 4.78 is 6.55. The highest BCUT2D eigenvalue weighted by Gasteiger charge is 2.35. The van der Waals surface area contributed by atoms with Crippen LogP contribution in [0.1, 0.15) is 12.6 Å². The first kappa shape index (κ1) is 11.3. The van der Waals surface area contributed by atoms with Crippen LogP contribution < -0.4 is 5.69 Å². The SMILES string of the molecule is O=c1nc2nn[nH]c2cn1[C@@H]1O[C@H](CO)C[C@@H]1O. The molecule has 3 heterocycles. The predicted octanol–water partition coefficient (Wildman–Crippen LogP) is -1.84. The largest absolute Gasteiger partial charge is 0.394 e. The second-order valence-electron chi connectivity index (χ2n) is 4.11. The maximum atomic E-state index is 11.8. The molecule has 2 aromatic rings. The molecule has 0 unspecified atom stereocenters. The van der Waals surface area contributed by atoms with Crippen molar-refractivity contribution < 1.29 is 14.9 Å². The quantitative estimate of drug-likeness (QED) is 0.573. The molecule has 1 fully saturated rings. The van der Waals surface area contributed by atoms with E-state index in [1.807, 2.05) is 0 Å². The van der Waals surface area contributed by atoms with E-state index in [9.17, 15) is 9.90 Å². The number of aliphatic hydroxyl groups excluding tert-OH is 2. The van der Waals surface area contributed by atoms with Crippen LogP contribution in [0, 0.1) is 0 Å². The summed E-state index contributed by atoms with van der Waals surface area (Å²) >= 11 is 0. The van der Waals surface area contributed by atoms with E-state index >= 15 is 0 Å². The number of hydrogen-bond donors (Lipinski definition) is 3. The molecule has 1 aliphatic heterocycles. The number of ether oxygens (including phenoxy) is 1. The highest BCUT2D eigenvalue weighted by molar-refractivity contribution is 5.66. The highest BCUT2D eigenvalue weighted by Crippen LogP contribution is 2.27. The summed E-state index contributed by atoms with van der Waals surface area (Å²) in [5.74, 6) is 0. The number of H-pyrrole nitrogens is 1. The molecule has 0 bridgehead atoms. The van der Waals surface area contributed by atoms with Crippen LogP contribution in [0.3, 0.4) is 0 Å². The summed E-state index contributed by atoms with van der Waals surface area (Å²) in [6.45, 7) is -0.205. The third-order valence-corrected chi connectivity index (χ3v) is 2.89. The molecule has 9 heteroatoms. The van der Waals surface area contributed by atoms with Crippen LogP contribution in [0.5, 0.6) is 0 Å². The zero-order valence-corrected chi connectivity index (χ0v) is 9.22. The Morgan fingerprint density at radius 1 is 1.61 bits per heavy atom. The number of fused-ring (bicyclic) bond motifs is 1. The first-order chi connectivity index (χ1) is 8.69. The molecule has 0 aromatic carbocycles. The topological polar surface area (TPSA) is 126 Å². The summed E-state index contributed by atoms with van der Waals surface area (Å²) in [4.78, 5) is 15.5. The number of aromatic amines is 1. The first-order valence-corrected chi connectivity index (χ1v) is 5.43. The fourth-order valence-corrected chi connectivity index (χ4v) is 2.02. The Morgan fingerprint density at radius 3 is 3.17 bits per heavy atom. The van der Waals surface area contributed by atoms with Crippen molar-refractivity contribution in [1.29, 1.82) is 0 Å². The molecule has 2 aromatic heterocycles. The van der Waals surface area contributed by atoms with Crippen molar-refractivity contribution >= 4 is 11.2 Å². The molecular formula is C9H11N5O4. The fourth-order valence-electron chi connectivity index (χ4n) is 2.02. The lowest BCUT2D eigenvalue weighted by atomic mass is 10.2. The van der Waals surface area contributed by atoms with Crippen LogP contribution in [0.2, 0.25) is 0 Å². The second kappa shape index (κ2) is 4.12. The number of nitrogens with zero attached hydrogens (tertiary/aromatic N) is 4. The monoisotopic (exact) mass is 253 g/mol. The van der Waals surface area contributed by atoms with Crippen molar-refractivity contribution in [3.05, 3.63) is 16.7 Å². The summed E-state index contributed by atoms with van der Waals surface area (Å²) in [6, 6.07) is 0. The minimum absolute atomic E-state index is 0.205. The Balaban J connectivity index is 2.03. The molecule has 1 saturated heterocycles. The van der Waals surface area contributed by atoms with Gasteiger partial charge in [0.15, 0.2) is 6.23 Å². The van der Waals surface area contributed by atoms with E-state index in [0.29, 0.717) is 5.52 Å². The lowest BCUT2D eigenvalue weighted by Crippen LogP contribution is -2.31. The zero-order chi connectivity index (χ0) is 12.7. The van der Waals surface area contributed by atoms with Crippen molar-refractivity contribution in [1.82, 2.24) is 25.0 Å². The third kappa shape index (κ3) is 1.68. The Morgan fingerprint density at radius 2 is 2.44 bits per heavy atom. The van der Waals surface area contributed by atoms with Crippen molar-refractivity contribution in [2.75, 3.05) is 6.61 Å². The standard InChI is InChI=1S/C9H11N5O4/c15-3-4-1-6(16)8(18-4)14-2-5-7(10-9(14)17)12-13-11-5/h2,4,6,8,15-16H,1,3H2,(H,10,11,12,17)/t4-,6-,8+/m0/s1. The molecule has 0 aliphatic carbocycles. The van der Waals surface area contributed by atoms with Crippen LogP contribution in [0.15, 0.2) is 11.0 Å². The number of hydrogen-bond acceptors (Lipinski definition) is 7. The molecule has 0 amide bonds. The Labute approximate surface area is 100 Å². The maximum Gasteiger partial charge on any atom is 0.352 e. The molecule has 3 atom stereocenters. The van der Waals surface area contributed by atoms with Crippen LogP contribution in [-0.2, 0) is 4.74 Å². The van der Waals surface area contributed by atoms with E-state index < -0.39 is 24.1 Å². The molecule has 1 aliphatic rings. The van der Waals surface area contributed by atoms with Gasteiger partial charge in [0.2, 0.25) is 5.65 Å². The van der Waals surface area contributed by atoms with Crippen LogP contribution in [0.25, 0.3) is 11.2 Å². The van der Waals surface area contributed by atoms with E-state index in [-0.39, 0.29) is 18.7 Å². The fraction of sp³-hybridized carbons (Fsp3) is 0.556. The molecule has 0 saturated carbocycles. The number of nitrogens with one attached hydrogen (secondary N) is 1. The van der Waals surface area contributed by atoms with Gasteiger partial charge in [0.1, 0.15) is 11.6 Å². The van der Waals surface area contributed by atoms with Gasteiger partial charge in [-0.2, -0.15) is 4.98 Å². The van der Waals surface area contributed by atoms with Gasteiger partial charge in [-0.1, -0.05) is 5.21 Å². The normalized spacial score (nSPS) is 28.0. The average Bonchev–Trinajstić information content (AvgIpc) is 2.93. The lowest BCUT2D eigenvalue weighted by molar-refractivity contribution is -0.0527. The Kier molecular flexibility index (Phi) is 2.58. The van der Waals surface area contributed by atoms with E-state index in [2.05, 4.69) is 20.4 Å². The number of aromatic nitrogens is 5. The van der Waals surface area contributed by atoms with E-state index in [4.69, 9.17) is 9.84 Å². The lowest BCUT2D eigenvalue weighted by Gasteiger charge is -2.16. The van der Waals surface area contributed by atoms with Gasteiger partial charge >= 0.3 is 5.69 Å². The first-order valence-electron chi connectivity index (χ1n) is 5.43. The summed E-state index contributed by atoms with van der Waals surface area (Å²) in [5.41, 5.74) is 0.0966.